The summed E-state index contributed by atoms with van der Waals surface area (Å²) in [5, 5.41) is 6.05. The second-order valence-electron chi connectivity index (χ2n) is 4.69. The van der Waals surface area contributed by atoms with Crippen molar-refractivity contribution in [2.45, 2.75) is 38.6 Å². The van der Waals surface area contributed by atoms with Crippen LogP contribution < -0.4 is 10.6 Å². The van der Waals surface area contributed by atoms with Gasteiger partial charge in [-0.2, -0.15) is 0 Å². The van der Waals surface area contributed by atoms with Gasteiger partial charge in [0.25, 0.3) is 0 Å². The lowest BCUT2D eigenvalue weighted by Gasteiger charge is -2.25. The van der Waals surface area contributed by atoms with E-state index in [0.717, 1.165) is 12.5 Å². The first-order chi connectivity index (χ1) is 7.72. The van der Waals surface area contributed by atoms with Gasteiger partial charge in [0.2, 0.25) is 5.91 Å². The number of carbonyl (C=O) groups is 1. The lowest BCUT2D eigenvalue weighted by Crippen LogP contribution is -2.41. The quantitative estimate of drug-likeness (QED) is 0.607. The Morgan fingerprint density at radius 3 is 2.81 bits per heavy atom. The molecule has 1 unspecified atom stereocenters. The number of methoxy groups -OCH3 is 1. The van der Waals surface area contributed by atoms with Gasteiger partial charge >= 0.3 is 0 Å². The van der Waals surface area contributed by atoms with E-state index in [2.05, 4.69) is 10.6 Å². The fraction of sp³-hybridized carbons (Fsp3) is 0.917. The monoisotopic (exact) mass is 228 g/mol. The van der Waals surface area contributed by atoms with Gasteiger partial charge in [0.1, 0.15) is 0 Å². The molecule has 1 rings (SSSR count). The van der Waals surface area contributed by atoms with Gasteiger partial charge in [-0.1, -0.05) is 19.3 Å². The summed E-state index contributed by atoms with van der Waals surface area (Å²) in [6.07, 6.45) is 5.35. The molecular formula is C12H24N2O2. The van der Waals surface area contributed by atoms with Crippen molar-refractivity contribution in [1.29, 1.82) is 0 Å². The summed E-state index contributed by atoms with van der Waals surface area (Å²) in [4.78, 5) is 11.4. The van der Waals surface area contributed by atoms with Crippen LogP contribution >= 0.6 is 0 Å². The number of amides is 1. The first kappa shape index (κ1) is 13.5. The van der Waals surface area contributed by atoms with Crippen molar-refractivity contribution >= 4 is 5.91 Å². The highest BCUT2D eigenvalue weighted by molar-refractivity contribution is 5.78. The smallest absolute Gasteiger partial charge is 0.234 e. The van der Waals surface area contributed by atoms with Crippen LogP contribution in [-0.4, -0.2) is 38.8 Å². The van der Waals surface area contributed by atoms with Gasteiger partial charge in [-0.3, -0.25) is 4.79 Å². The molecule has 16 heavy (non-hydrogen) atoms. The van der Waals surface area contributed by atoms with Gasteiger partial charge in [-0.05, 0) is 25.8 Å². The van der Waals surface area contributed by atoms with Gasteiger partial charge in [-0.15, -0.1) is 0 Å². The molecule has 94 valence electrons. The lowest BCUT2D eigenvalue weighted by molar-refractivity contribution is -0.121. The highest BCUT2D eigenvalue weighted by Crippen LogP contribution is 2.28. The number of hydrogen-bond acceptors (Lipinski definition) is 3. The largest absolute Gasteiger partial charge is 0.383 e. The van der Waals surface area contributed by atoms with Crippen molar-refractivity contribution in [2.24, 2.45) is 5.92 Å². The summed E-state index contributed by atoms with van der Waals surface area (Å²) in [7, 11) is 1.64. The van der Waals surface area contributed by atoms with Crippen molar-refractivity contribution in [3.8, 4) is 0 Å². The highest BCUT2D eigenvalue weighted by Gasteiger charge is 2.16. The Bertz CT molecular complexity index is 205. The minimum absolute atomic E-state index is 0.0539. The van der Waals surface area contributed by atoms with E-state index in [9.17, 15) is 4.79 Å². The van der Waals surface area contributed by atoms with E-state index in [4.69, 9.17) is 4.74 Å². The molecule has 1 atom stereocenters. The van der Waals surface area contributed by atoms with Gasteiger partial charge in [-0.25, -0.2) is 0 Å². The molecule has 4 nitrogen and oxygen atoms in total. The van der Waals surface area contributed by atoms with E-state index in [1.165, 1.54) is 25.7 Å². The third-order valence-corrected chi connectivity index (χ3v) is 3.06. The summed E-state index contributed by atoms with van der Waals surface area (Å²) in [5.41, 5.74) is 0. The molecule has 0 radical (unpaired) electrons. The second kappa shape index (κ2) is 7.63. The first-order valence-electron chi connectivity index (χ1n) is 6.21. The van der Waals surface area contributed by atoms with Gasteiger partial charge in [0.15, 0.2) is 0 Å². The van der Waals surface area contributed by atoms with Crippen LogP contribution in [0.3, 0.4) is 0 Å². The van der Waals surface area contributed by atoms with Crippen LogP contribution in [-0.2, 0) is 9.53 Å². The molecular weight excluding hydrogens is 204 g/mol. The van der Waals surface area contributed by atoms with E-state index in [1.807, 2.05) is 6.92 Å². The summed E-state index contributed by atoms with van der Waals surface area (Å²) >= 11 is 0. The van der Waals surface area contributed by atoms with E-state index in [-0.39, 0.29) is 11.9 Å². The van der Waals surface area contributed by atoms with E-state index in [0.29, 0.717) is 13.2 Å². The van der Waals surface area contributed by atoms with Crippen molar-refractivity contribution in [1.82, 2.24) is 10.6 Å². The van der Waals surface area contributed by atoms with Gasteiger partial charge < -0.3 is 15.4 Å². The molecule has 1 fully saturated rings. The number of nitrogens with one attached hydrogen (secondary N) is 2. The summed E-state index contributed by atoms with van der Waals surface area (Å²) in [6.45, 7) is 3.88. The molecule has 1 aliphatic carbocycles. The standard InChI is InChI=1S/C12H24N2O2/c1-10(9-16-2)14-12(15)8-13-7-6-11-4-3-5-11/h10-11,13H,3-9H2,1-2H3,(H,14,15). The fourth-order valence-electron chi connectivity index (χ4n) is 1.91. The maximum atomic E-state index is 11.4. The molecule has 0 aromatic carbocycles. The van der Waals surface area contributed by atoms with Gasteiger partial charge in [0.05, 0.1) is 13.2 Å². The topological polar surface area (TPSA) is 50.4 Å². The Kier molecular flexibility index (Phi) is 6.42. The Hall–Kier alpha value is -0.610. The van der Waals surface area contributed by atoms with Crippen LogP contribution in [0.15, 0.2) is 0 Å². The zero-order valence-electron chi connectivity index (χ0n) is 10.4. The first-order valence-corrected chi connectivity index (χ1v) is 6.21. The summed E-state index contributed by atoms with van der Waals surface area (Å²) in [5.74, 6) is 0.959. The second-order valence-corrected chi connectivity index (χ2v) is 4.69. The average Bonchev–Trinajstić information content (AvgIpc) is 2.14. The SMILES string of the molecule is COCC(C)NC(=O)CNCCC1CCC1. The molecule has 0 heterocycles. The van der Waals surface area contributed by atoms with Crippen molar-refractivity contribution in [3.63, 3.8) is 0 Å². The van der Waals surface area contributed by atoms with E-state index < -0.39 is 0 Å². The maximum Gasteiger partial charge on any atom is 0.234 e. The predicted molar refractivity (Wildman–Crippen MR) is 64.3 cm³/mol. The zero-order valence-corrected chi connectivity index (χ0v) is 10.4. The van der Waals surface area contributed by atoms with Crippen LogP contribution in [0.5, 0.6) is 0 Å². The van der Waals surface area contributed by atoms with Gasteiger partial charge in [0, 0.05) is 13.2 Å². The molecule has 0 aromatic heterocycles. The molecule has 1 aliphatic rings. The van der Waals surface area contributed by atoms with E-state index in [1.54, 1.807) is 7.11 Å². The number of rotatable bonds is 8. The van der Waals surface area contributed by atoms with Crippen molar-refractivity contribution in [3.05, 3.63) is 0 Å². The Morgan fingerprint density at radius 1 is 1.50 bits per heavy atom. The minimum atomic E-state index is 0.0539. The van der Waals surface area contributed by atoms with Crippen LogP contribution in [0.25, 0.3) is 0 Å². The van der Waals surface area contributed by atoms with E-state index >= 15 is 0 Å². The Morgan fingerprint density at radius 2 is 2.25 bits per heavy atom. The minimum Gasteiger partial charge on any atom is -0.383 e. The number of carbonyl (C=O) groups excluding carboxylic acids is 1. The van der Waals surface area contributed by atoms with Crippen LogP contribution in [0.4, 0.5) is 0 Å². The molecule has 1 saturated carbocycles. The molecule has 0 aromatic rings. The maximum absolute atomic E-state index is 11.4. The fourth-order valence-corrected chi connectivity index (χ4v) is 1.91. The van der Waals surface area contributed by atoms with Crippen LogP contribution in [0.1, 0.15) is 32.6 Å². The van der Waals surface area contributed by atoms with Crippen molar-refractivity contribution < 1.29 is 9.53 Å². The third kappa shape index (κ3) is 5.47. The highest BCUT2D eigenvalue weighted by atomic mass is 16.5. The average molecular weight is 228 g/mol. The Labute approximate surface area is 98.1 Å². The zero-order chi connectivity index (χ0) is 11.8. The van der Waals surface area contributed by atoms with Crippen molar-refractivity contribution in [2.75, 3.05) is 26.8 Å². The third-order valence-electron chi connectivity index (χ3n) is 3.06. The number of hydrogen-bond donors (Lipinski definition) is 2. The molecule has 2 N–H and O–H groups in total. The summed E-state index contributed by atoms with van der Waals surface area (Å²) in [6, 6.07) is 0.0888. The number of ether oxygens (including phenoxy) is 1. The molecule has 4 heteroatoms. The molecule has 1 amide bonds. The van der Waals surface area contributed by atoms with Crippen LogP contribution in [0.2, 0.25) is 0 Å². The molecule has 0 saturated heterocycles. The normalized spacial score (nSPS) is 17.9. The van der Waals surface area contributed by atoms with Crippen LogP contribution in [0, 0.1) is 5.92 Å². The molecule has 0 aliphatic heterocycles. The lowest BCUT2D eigenvalue weighted by atomic mass is 9.83. The molecule has 0 bridgehead atoms. The molecule has 0 spiro atoms. The summed E-state index contributed by atoms with van der Waals surface area (Å²) < 4.78 is 4.95. The Balaban J connectivity index is 1.92. The predicted octanol–water partition coefficient (Wildman–Crippen LogP) is 0.917.